The predicted molar refractivity (Wildman–Crippen MR) is 154 cm³/mol. The molecule has 4 aromatic rings. The highest BCUT2D eigenvalue weighted by Crippen LogP contribution is 2.53. The molecular formula is C29H22ClN3O4S2. The number of rotatable bonds is 5. The molecule has 7 nitrogen and oxygen atoms in total. The van der Waals surface area contributed by atoms with Crippen LogP contribution in [0.5, 0.6) is 0 Å². The number of aryl methyl sites for hydroxylation is 1. The van der Waals surface area contributed by atoms with Crippen LogP contribution in [0.4, 0.5) is 11.4 Å². The number of imide groups is 1. The first-order valence-corrected chi connectivity index (χ1v) is 14.3. The Hall–Kier alpha value is -3.66. The summed E-state index contributed by atoms with van der Waals surface area (Å²) in [5.41, 5.74) is 2.99. The fraction of sp³-hybridized carbons (Fsp3) is 0.172. The van der Waals surface area contributed by atoms with Gasteiger partial charge in [-0.25, -0.2) is 4.90 Å². The van der Waals surface area contributed by atoms with Crippen molar-refractivity contribution < 1.29 is 14.4 Å². The Bertz CT molecular complexity index is 1650. The average molecular weight is 576 g/mol. The number of thioether (sulfide) groups is 1. The molecule has 1 saturated heterocycles. The SMILES string of the molecule is Cc1ccc(NC(=O)Cn2c3c(sc2=O)C(c2ccccc2)C2C(=O)N(c4ccc(Cl)cc4)C(=O)C2S3)cc1. The summed E-state index contributed by atoms with van der Waals surface area (Å²) in [5.74, 6) is -2.21. The Morgan fingerprint density at radius 2 is 1.62 bits per heavy atom. The van der Waals surface area contributed by atoms with Gasteiger partial charge in [0.2, 0.25) is 17.7 Å². The van der Waals surface area contributed by atoms with Gasteiger partial charge in [-0.05, 0) is 48.9 Å². The molecular weight excluding hydrogens is 554 g/mol. The Balaban J connectivity index is 1.39. The molecule has 39 heavy (non-hydrogen) atoms. The van der Waals surface area contributed by atoms with Crippen molar-refractivity contribution in [2.45, 2.75) is 29.7 Å². The lowest BCUT2D eigenvalue weighted by molar-refractivity contribution is -0.122. The number of hydrogen-bond acceptors (Lipinski definition) is 6. The lowest BCUT2D eigenvalue weighted by Gasteiger charge is -2.30. The fourth-order valence-corrected chi connectivity index (χ4v) is 8.00. The second kappa shape index (κ2) is 10.1. The number of thiazole rings is 1. The molecule has 2 aliphatic rings. The lowest BCUT2D eigenvalue weighted by atomic mass is 9.83. The molecule has 3 heterocycles. The molecule has 6 rings (SSSR count). The predicted octanol–water partition coefficient (Wildman–Crippen LogP) is 5.31. The van der Waals surface area contributed by atoms with Gasteiger partial charge in [0.1, 0.15) is 11.8 Å². The van der Waals surface area contributed by atoms with Crippen LogP contribution < -0.4 is 15.1 Å². The number of nitrogens with zero attached hydrogens (tertiary/aromatic N) is 2. The van der Waals surface area contributed by atoms with Crippen LogP contribution in [-0.4, -0.2) is 27.5 Å². The molecule has 0 radical (unpaired) electrons. The average Bonchev–Trinajstić information content (AvgIpc) is 3.37. The normalized spacial score (nSPS) is 20.1. The molecule has 0 saturated carbocycles. The van der Waals surface area contributed by atoms with E-state index < -0.39 is 17.1 Å². The number of halogens is 1. The van der Waals surface area contributed by atoms with Gasteiger partial charge in [-0.2, -0.15) is 0 Å². The van der Waals surface area contributed by atoms with E-state index in [2.05, 4.69) is 5.32 Å². The number of aromatic nitrogens is 1. The van der Waals surface area contributed by atoms with Gasteiger partial charge >= 0.3 is 4.87 Å². The van der Waals surface area contributed by atoms with E-state index in [1.807, 2.05) is 49.4 Å². The van der Waals surface area contributed by atoms with Gasteiger partial charge in [-0.15, -0.1) is 0 Å². The standard InChI is InChI=1S/C29H22ClN3O4S2/c1-16-7-11-19(12-8-16)31-21(34)15-32-28-25(39-29(32)37)22(17-5-3-2-4-6-17)23-24(38-28)27(36)33(26(23)35)20-13-9-18(30)10-14-20/h2-14,22-24H,15H2,1H3,(H,31,34). The van der Waals surface area contributed by atoms with Crippen LogP contribution >= 0.6 is 34.7 Å². The van der Waals surface area contributed by atoms with Crippen molar-refractivity contribution in [3.63, 3.8) is 0 Å². The maximum absolute atomic E-state index is 13.8. The van der Waals surface area contributed by atoms with Gasteiger partial charge in [0.15, 0.2) is 0 Å². The molecule has 3 atom stereocenters. The van der Waals surface area contributed by atoms with Crippen LogP contribution in [0.2, 0.25) is 5.02 Å². The summed E-state index contributed by atoms with van der Waals surface area (Å²) in [6.07, 6.45) is 0. The summed E-state index contributed by atoms with van der Waals surface area (Å²) < 4.78 is 1.42. The third-order valence-electron chi connectivity index (χ3n) is 6.93. The first kappa shape index (κ1) is 25.6. The molecule has 2 aliphatic heterocycles. The zero-order valence-electron chi connectivity index (χ0n) is 20.7. The van der Waals surface area contributed by atoms with Gasteiger partial charge in [0, 0.05) is 21.5 Å². The van der Waals surface area contributed by atoms with E-state index in [1.165, 1.54) is 21.2 Å². The Kier molecular flexibility index (Phi) is 6.66. The maximum Gasteiger partial charge on any atom is 0.308 e. The number of hydrogen-bond donors (Lipinski definition) is 1. The van der Waals surface area contributed by atoms with E-state index in [4.69, 9.17) is 11.6 Å². The molecule has 0 aliphatic carbocycles. The zero-order chi connectivity index (χ0) is 27.3. The summed E-state index contributed by atoms with van der Waals surface area (Å²) in [4.78, 5) is 55.3. The molecule has 1 aromatic heterocycles. The molecule has 10 heteroatoms. The van der Waals surface area contributed by atoms with Crippen molar-refractivity contribution >= 4 is 63.8 Å². The van der Waals surface area contributed by atoms with Crippen molar-refractivity contribution in [3.8, 4) is 0 Å². The van der Waals surface area contributed by atoms with Crippen molar-refractivity contribution in [2.75, 3.05) is 10.2 Å². The second-order valence-electron chi connectivity index (χ2n) is 9.48. The quantitative estimate of drug-likeness (QED) is 0.326. The number of carbonyl (C=O) groups is 3. The topological polar surface area (TPSA) is 88.5 Å². The van der Waals surface area contributed by atoms with Crippen LogP contribution in [0.3, 0.4) is 0 Å². The summed E-state index contributed by atoms with van der Waals surface area (Å²) in [7, 11) is 0. The Morgan fingerprint density at radius 1 is 0.923 bits per heavy atom. The molecule has 3 unspecified atom stereocenters. The first-order chi connectivity index (χ1) is 18.8. The van der Waals surface area contributed by atoms with Crippen LogP contribution in [0.15, 0.2) is 88.7 Å². The summed E-state index contributed by atoms with van der Waals surface area (Å²) >= 11 is 8.26. The number of amides is 3. The number of benzene rings is 3. The molecule has 1 N–H and O–H groups in total. The highest BCUT2D eigenvalue weighted by atomic mass is 35.5. The molecule has 3 amide bonds. The van der Waals surface area contributed by atoms with Crippen molar-refractivity contribution in [2.24, 2.45) is 5.92 Å². The van der Waals surface area contributed by atoms with E-state index in [0.29, 0.717) is 26.3 Å². The number of nitrogens with one attached hydrogen (secondary N) is 1. The van der Waals surface area contributed by atoms with E-state index >= 15 is 0 Å². The molecule has 0 bridgehead atoms. The summed E-state index contributed by atoms with van der Waals surface area (Å²) in [6, 6.07) is 23.4. The van der Waals surface area contributed by atoms with Crippen molar-refractivity contribution in [1.82, 2.24) is 4.57 Å². The van der Waals surface area contributed by atoms with Gasteiger partial charge in [0.25, 0.3) is 0 Å². The third-order valence-corrected chi connectivity index (χ3v) is 9.79. The monoisotopic (exact) mass is 575 g/mol. The molecule has 3 aromatic carbocycles. The second-order valence-corrected chi connectivity index (χ2v) is 12.0. The van der Waals surface area contributed by atoms with Crippen LogP contribution in [-0.2, 0) is 20.9 Å². The smallest absolute Gasteiger partial charge is 0.308 e. The van der Waals surface area contributed by atoms with Crippen molar-refractivity contribution in [3.05, 3.63) is 110 Å². The van der Waals surface area contributed by atoms with E-state index in [1.54, 1.807) is 36.4 Å². The third kappa shape index (κ3) is 4.60. The Morgan fingerprint density at radius 3 is 2.31 bits per heavy atom. The number of carbonyl (C=O) groups excluding carboxylic acids is 3. The summed E-state index contributed by atoms with van der Waals surface area (Å²) in [6.45, 7) is 1.76. The molecule has 0 spiro atoms. The van der Waals surface area contributed by atoms with E-state index in [0.717, 1.165) is 22.5 Å². The van der Waals surface area contributed by atoms with Gasteiger partial charge in [-0.1, -0.05) is 82.7 Å². The molecule has 196 valence electrons. The van der Waals surface area contributed by atoms with Gasteiger partial charge in [-0.3, -0.25) is 23.7 Å². The lowest BCUT2D eigenvalue weighted by Crippen LogP contribution is -2.33. The highest BCUT2D eigenvalue weighted by Gasteiger charge is 2.56. The first-order valence-electron chi connectivity index (χ1n) is 12.3. The largest absolute Gasteiger partial charge is 0.325 e. The van der Waals surface area contributed by atoms with E-state index in [-0.39, 0.29) is 29.1 Å². The maximum atomic E-state index is 13.8. The van der Waals surface area contributed by atoms with Crippen molar-refractivity contribution in [1.29, 1.82) is 0 Å². The summed E-state index contributed by atoms with van der Waals surface area (Å²) in [5, 5.41) is 3.15. The minimum atomic E-state index is -0.744. The highest BCUT2D eigenvalue weighted by molar-refractivity contribution is 8.00. The number of fused-ring (bicyclic) bond motifs is 2. The van der Waals surface area contributed by atoms with Crippen LogP contribution in [0.25, 0.3) is 0 Å². The minimum absolute atomic E-state index is 0.201. The fourth-order valence-electron chi connectivity index (χ4n) is 5.10. The van der Waals surface area contributed by atoms with Gasteiger partial charge in [0.05, 0.1) is 16.6 Å². The van der Waals surface area contributed by atoms with Crippen LogP contribution in [0, 0.1) is 12.8 Å². The van der Waals surface area contributed by atoms with Gasteiger partial charge < -0.3 is 5.32 Å². The minimum Gasteiger partial charge on any atom is -0.325 e. The van der Waals surface area contributed by atoms with Crippen LogP contribution in [0.1, 0.15) is 21.9 Å². The number of anilines is 2. The zero-order valence-corrected chi connectivity index (χ0v) is 23.1. The van der Waals surface area contributed by atoms with E-state index in [9.17, 15) is 19.2 Å². The molecule has 1 fully saturated rings. The Labute approximate surface area is 237 Å².